The largest absolute Gasteiger partial charge is 0.416 e. The third-order valence-corrected chi connectivity index (χ3v) is 3.74. The Morgan fingerprint density at radius 1 is 1.04 bits per heavy atom. The number of nitrogens with two attached hydrogens (primary N) is 1. The normalized spacial score (nSPS) is 11.2. The number of nitrogens with one attached hydrogen (secondary N) is 1. The Hall–Kier alpha value is -3.35. The number of nitrogen functional groups attached to an aromatic ring is 1. The lowest BCUT2D eigenvalue weighted by atomic mass is 10.0. The molecule has 132 valence electrons. The van der Waals surface area contributed by atoms with E-state index in [0.29, 0.717) is 34.5 Å². The molecule has 0 amide bonds. The van der Waals surface area contributed by atoms with E-state index in [1.807, 2.05) is 0 Å². The SMILES string of the molecule is Nc1cc(-c2cc(C=O)ccc2Nc2cccc(C(F)(F)F)c2)ccn1. The van der Waals surface area contributed by atoms with Crippen LogP contribution >= 0.6 is 0 Å². The van der Waals surface area contributed by atoms with Crippen molar-refractivity contribution in [3.05, 3.63) is 71.9 Å². The van der Waals surface area contributed by atoms with Gasteiger partial charge < -0.3 is 11.1 Å². The highest BCUT2D eigenvalue weighted by Gasteiger charge is 2.30. The number of hydrogen-bond donors (Lipinski definition) is 2. The molecule has 3 N–H and O–H groups in total. The van der Waals surface area contributed by atoms with Gasteiger partial charge in [0.25, 0.3) is 0 Å². The molecule has 0 aliphatic rings. The van der Waals surface area contributed by atoms with Gasteiger partial charge in [-0.05, 0) is 54.1 Å². The van der Waals surface area contributed by atoms with E-state index in [9.17, 15) is 18.0 Å². The number of rotatable bonds is 4. The molecule has 0 radical (unpaired) electrons. The molecular weight excluding hydrogens is 343 g/mol. The number of halogens is 3. The molecule has 0 bridgehead atoms. The summed E-state index contributed by atoms with van der Waals surface area (Å²) in [5.74, 6) is 0.295. The number of aromatic nitrogens is 1. The van der Waals surface area contributed by atoms with Crippen molar-refractivity contribution in [3.8, 4) is 11.1 Å². The molecule has 4 nitrogen and oxygen atoms in total. The molecule has 1 aromatic heterocycles. The fraction of sp³-hybridized carbons (Fsp3) is 0.0526. The summed E-state index contributed by atoms with van der Waals surface area (Å²) in [6.45, 7) is 0. The molecule has 3 rings (SSSR count). The van der Waals surface area contributed by atoms with Crippen molar-refractivity contribution in [2.75, 3.05) is 11.1 Å². The van der Waals surface area contributed by atoms with E-state index in [0.717, 1.165) is 12.1 Å². The van der Waals surface area contributed by atoms with Gasteiger partial charge in [0.1, 0.15) is 12.1 Å². The van der Waals surface area contributed by atoms with Crippen LogP contribution in [0, 0.1) is 0 Å². The van der Waals surface area contributed by atoms with Crippen LogP contribution in [-0.4, -0.2) is 11.3 Å². The molecular formula is C19H14F3N3O. The highest BCUT2D eigenvalue weighted by molar-refractivity contribution is 5.87. The lowest BCUT2D eigenvalue weighted by Gasteiger charge is -2.15. The average Bonchev–Trinajstić information content (AvgIpc) is 2.61. The number of carbonyl (C=O) groups excluding carboxylic acids is 1. The van der Waals surface area contributed by atoms with E-state index in [1.54, 1.807) is 30.3 Å². The maximum absolute atomic E-state index is 12.9. The van der Waals surface area contributed by atoms with Gasteiger partial charge in [-0.3, -0.25) is 4.79 Å². The van der Waals surface area contributed by atoms with Crippen LogP contribution in [0.4, 0.5) is 30.4 Å². The van der Waals surface area contributed by atoms with Gasteiger partial charge in [0.2, 0.25) is 0 Å². The molecule has 7 heteroatoms. The Bertz CT molecular complexity index is 955. The van der Waals surface area contributed by atoms with Crippen molar-refractivity contribution in [3.63, 3.8) is 0 Å². The summed E-state index contributed by atoms with van der Waals surface area (Å²) < 4.78 is 38.7. The van der Waals surface area contributed by atoms with E-state index < -0.39 is 11.7 Å². The van der Waals surface area contributed by atoms with Gasteiger partial charge in [-0.1, -0.05) is 6.07 Å². The predicted molar refractivity (Wildman–Crippen MR) is 94.2 cm³/mol. The zero-order valence-electron chi connectivity index (χ0n) is 13.4. The quantitative estimate of drug-likeness (QED) is 0.651. The third kappa shape index (κ3) is 3.83. The van der Waals surface area contributed by atoms with Crippen LogP contribution < -0.4 is 11.1 Å². The standard InChI is InChI=1S/C19H14F3N3O/c20-19(21,22)14-2-1-3-15(10-14)25-17-5-4-12(11-26)8-16(17)13-6-7-24-18(23)9-13/h1-11,25H,(H2,23,24). The zero-order chi connectivity index (χ0) is 18.7. The highest BCUT2D eigenvalue weighted by atomic mass is 19.4. The minimum absolute atomic E-state index is 0.280. The van der Waals surface area contributed by atoms with Crippen molar-refractivity contribution in [2.45, 2.75) is 6.18 Å². The molecule has 0 atom stereocenters. The van der Waals surface area contributed by atoms with Gasteiger partial charge in [-0.25, -0.2) is 4.98 Å². The summed E-state index contributed by atoms with van der Waals surface area (Å²) in [6, 6.07) is 13.1. The molecule has 0 saturated carbocycles. The smallest absolute Gasteiger partial charge is 0.384 e. The molecule has 1 heterocycles. The molecule has 0 unspecified atom stereocenters. The monoisotopic (exact) mass is 357 g/mol. The predicted octanol–water partition coefficient (Wildman–Crippen LogP) is 4.91. The first-order chi connectivity index (χ1) is 12.4. The number of carbonyl (C=O) groups is 1. The number of aldehydes is 1. The second-order valence-electron chi connectivity index (χ2n) is 5.60. The van der Waals surface area contributed by atoms with Gasteiger partial charge >= 0.3 is 6.18 Å². The topological polar surface area (TPSA) is 68.0 Å². The number of hydrogen-bond acceptors (Lipinski definition) is 4. The highest BCUT2D eigenvalue weighted by Crippen LogP contribution is 2.34. The van der Waals surface area contributed by atoms with E-state index in [2.05, 4.69) is 10.3 Å². The van der Waals surface area contributed by atoms with Crippen LogP contribution in [0.1, 0.15) is 15.9 Å². The maximum Gasteiger partial charge on any atom is 0.416 e. The Labute approximate surface area is 147 Å². The lowest BCUT2D eigenvalue weighted by molar-refractivity contribution is -0.137. The van der Waals surface area contributed by atoms with Crippen molar-refractivity contribution < 1.29 is 18.0 Å². The van der Waals surface area contributed by atoms with Gasteiger partial charge in [0.15, 0.2) is 0 Å². The lowest BCUT2D eigenvalue weighted by Crippen LogP contribution is -2.05. The second kappa shape index (κ2) is 6.87. The molecule has 0 saturated heterocycles. The molecule has 26 heavy (non-hydrogen) atoms. The summed E-state index contributed by atoms with van der Waals surface area (Å²) >= 11 is 0. The van der Waals surface area contributed by atoms with Crippen LogP contribution in [-0.2, 0) is 6.18 Å². The minimum atomic E-state index is -4.43. The molecule has 0 fully saturated rings. The van der Waals surface area contributed by atoms with Gasteiger partial charge in [-0.2, -0.15) is 13.2 Å². The van der Waals surface area contributed by atoms with Gasteiger partial charge in [0.05, 0.1) is 5.56 Å². The Balaban J connectivity index is 2.04. The minimum Gasteiger partial charge on any atom is -0.384 e. The first-order valence-corrected chi connectivity index (χ1v) is 7.62. The molecule has 0 aliphatic heterocycles. The average molecular weight is 357 g/mol. The molecule has 0 aliphatic carbocycles. The second-order valence-corrected chi connectivity index (χ2v) is 5.60. The van der Waals surface area contributed by atoms with Crippen LogP contribution in [0.3, 0.4) is 0 Å². The summed E-state index contributed by atoms with van der Waals surface area (Å²) in [5.41, 5.74) is 7.54. The third-order valence-electron chi connectivity index (χ3n) is 3.74. The Morgan fingerprint density at radius 2 is 1.85 bits per heavy atom. The van der Waals surface area contributed by atoms with Gasteiger partial charge in [-0.15, -0.1) is 0 Å². The van der Waals surface area contributed by atoms with Crippen molar-refractivity contribution in [1.82, 2.24) is 4.98 Å². The number of alkyl halides is 3. The Morgan fingerprint density at radius 3 is 2.54 bits per heavy atom. The number of pyridine rings is 1. The first-order valence-electron chi connectivity index (χ1n) is 7.62. The van der Waals surface area contributed by atoms with E-state index in [1.165, 1.54) is 18.3 Å². The van der Waals surface area contributed by atoms with Crippen molar-refractivity contribution in [2.24, 2.45) is 0 Å². The summed E-state index contributed by atoms with van der Waals surface area (Å²) in [4.78, 5) is 15.0. The molecule has 0 spiro atoms. The zero-order valence-corrected chi connectivity index (χ0v) is 13.4. The van der Waals surface area contributed by atoms with Crippen molar-refractivity contribution in [1.29, 1.82) is 0 Å². The van der Waals surface area contributed by atoms with Crippen LogP contribution in [0.15, 0.2) is 60.8 Å². The van der Waals surface area contributed by atoms with E-state index in [-0.39, 0.29) is 5.69 Å². The van der Waals surface area contributed by atoms with Crippen molar-refractivity contribution >= 4 is 23.5 Å². The van der Waals surface area contributed by atoms with Crippen LogP contribution in [0.5, 0.6) is 0 Å². The van der Waals surface area contributed by atoms with Crippen LogP contribution in [0.25, 0.3) is 11.1 Å². The summed E-state index contributed by atoms with van der Waals surface area (Å²) in [7, 11) is 0. The number of nitrogens with zero attached hydrogens (tertiary/aromatic N) is 1. The summed E-state index contributed by atoms with van der Waals surface area (Å²) in [6.07, 6.45) is -2.21. The Kier molecular flexibility index (Phi) is 4.62. The fourth-order valence-corrected chi connectivity index (χ4v) is 2.53. The number of anilines is 3. The van der Waals surface area contributed by atoms with E-state index in [4.69, 9.17) is 5.73 Å². The molecule has 2 aromatic carbocycles. The summed E-state index contributed by atoms with van der Waals surface area (Å²) in [5, 5.41) is 2.98. The maximum atomic E-state index is 12.9. The molecule has 3 aromatic rings. The fourth-order valence-electron chi connectivity index (χ4n) is 2.53. The van der Waals surface area contributed by atoms with E-state index >= 15 is 0 Å². The van der Waals surface area contributed by atoms with Crippen LogP contribution in [0.2, 0.25) is 0 Å². The number of benzene rings is 2. The first kappa shape index (κ1) is 17.5. The van der Waals surface area contributed by atoms with Gasteiger partial charge in [0, 0.05) is 28.7 Å².